The molecule has 0 aliphatic heterocycles. The summed E-state index contributed by atoms with van der Waals surface area (Å²) in [7, 11) is 0.222. The standard InChI is InChI=1S/C9H15O2Si.C5H5.2ClH.Zr/c1-10-8-6-5-7-9(8)11-12(2,3)4;1-2-4-5-3-1;;;/h7H,5H2,1-4H3;1-3H,4H2;2*1H;. The molecule has 0 aromatic rings. The third-order valence-corrected chi connectivity index (χ3v) is 7.03. The van der Waals surface area contributed by atoms with Crippen LogP contribution in [-0.2, 0) is 32.4 Å². The van der Waals surface area contributed by atoms with Crippen molar-refractivity contribution in [1.29, 1.82) is 0 Å². The Balaban J connectivity index is 0.00000180. The fourth-order valence-electron chi connectivity index (χ4n) is 2.01. The normalized spacial score (nSPS) is 17.0. The number of hydrogen-bond acceptors (Lipinski definition) is 2. The molecule has 0 aromatic carbocycles. The van der Waals surface area contributed by atoms with E-state index in [0.717, 1.165) is 24.4 Å². The van der Waals surface area contributed by atoms with E-state index in [4.69, 9.17) is 9.16 Å². The molecule has 2 aliphatic rings. The van der Waals surface area contributed by atoms with E-state index < -0.39 is 31.6 Å². The molecule has 2 nitrogen and oxygen atoms in total. The average Bonchev–Trinajstić information content (AvgIpc) is 2.87. The van der Waals surface area contributed by atoms with Crippen LogP contribution in [0.25, 0.3) is 0 Å². The van der Waals surface area contributed by atoms with Gasteiger partial charge in [0.05, 0.1) is 0 Å². The Bertz CT molecular complexity index is 462. The largest absolute Gasteiger partial charge is 0.147 e. The zero-order chi connectivity index (χ0) is 13.2. The smallest absolute Gasteiger partial charge is 0.147 e. The second kappa shape index (κ2) is 8.63. The second-order valence-electron chi connectivity index (χ2n) is 5.45. The summed E-state index contributed by atoms with van der Waals surface area (Å²) < 4.78 is 14.9. The van der Waals surface area contributed by atoms with E-state index in [9.17, 15) is 0 Å². The summed E-state index contributed by atoms with van der Waals surface area (Å²) in [6.45, 7) is 6.63. The van der Waals surface area contributed by atoms with Gasteiger partial charge in [0.1, 0.15) is 0 Å². The Morgan fingerprint density at radius 1 is 1.15 bits per heavy atom. The minimum Gasteiger partial charge on any atom is -0.147 e. The summed E-state index contributed by atoms with van der Waals surface area (Å²) in [6, 6.07) is 0. The first-order chi connectivity index (χ1) is 8.49. The van der Waals surface area contributed by atoms with Gasteiger partial charge in [-0.25, -0.2) is 0 Å². The molecular weight excluding hydrogens is 390 g/mol. The van der Waals surface area contributed by atoms with E-state index in [0.29, 0.717) is 0 Å². The van der Waals surface area contributed by atoms with E-state index in [1.807, 2.05) is 0 Å². The van der Waals surface area contributed by atoms with Gasteiger partial charge in [-0.05, 0) is 0 Å². The molecule has 0 spiro atoms. The van der Waals surface area contributed by atoms with Crippen LogP contribution in [0.4, 0.5) is 0 Å². The van der Waals surface area contributed by atoms with Crippen LogP contribution in [-0.4, -0.2) is 15.4 Å². The Hall–Kier alpha value is 0.240. The van der Waals surface area contributed by atoms with Gasteiger partial charge in [0.2, 0.25) is 0 Å². The molecule has 0 saturated heterocycles. The molecule has 0 bridgehead atoms. The van der Waals surface area contributed by atoms with Gasteiger partial charge >= 0.3 is 123 Å². The van der Waals surface area contributed by atoms with Crippen molar-refractivity contribution in [2.75, 3.05) is 7.11 Å². The van der Waals surface area contributed by atoms with E-state index in [1.165, 1.54) is 3.28 Å². The van der Waals surface area contributed by atoms with Crippen LogP contribution in [0.3, 0.4) is 0 Å². The van der Waals surface area contributed by atoms with Crippen molar-refractivity contribution < 1.29 is 32.4 Å². The number of methoxy groups -OCH3 is 1. The van der Waals surface area contributed by atoms with Crippen LogP contribution < -0.4 is 0 Å². The predicted octanol–water partition coefficient (Wildman–Crippen LogP) is 4.75. The van der Waals surface area contributed by atoms with Crippen molar-refractivity contribution in [1.82, 2.24) is 0 Å². The number of halogens is 2. The van der Waals surface area contributed by atoms with E-state index in [2.05, 4.69) is 43.9 Å². The molecule has 2 rings (SSSR count). The topological polar surface area (TPSA) is 18.5 Å². The first-order valence-electron chi connectivity index (χ1n) is 6.29. The van der Waals surface area contributed by atoms with Gasteiger partial charge in [0.15, 0.2) is 0 Å². The molecule has 0 unspecified atom stereocenters. The van der Waals surface area contributed by atoms with Crippen LogP contribution in [0.2, 0.25) is 19.6 Å². The van der Waals surface area contributed by atoms with Gasteiger partial charge in [0.25, 0.3) is 0 Å². The fourth-order valence-corrected chi connectivity index (χ4v) is 6.12. The van der Waals surface area contributed by atoms with Crippen molar-refractivity contribution >= 4 is 33.1 Å². The molecule has 0 aromatic heterocycles. The molecule has 0 radical (unpaired) electrons. The molecule has 0 amide bonds. The minimum atomic E-state index is -1.54. The zero-order valence-electron chi connectivity index (χ0n) is 12.4. The van der Waals surface area contributed by atoms with Gasteiger partial charge in [-0.15, -0.1) is 24.8 Å². The van der Waals surface area contributed by atoms with Crippen LogP contribution in [0, 0.1) is 0 Å². The average molecular weight is 413 g/mol. The van der Waals surface area contributed by atoms with Crippen LogP contribution in [0.5, 0.6) is 0 Å². The molecule has 0 atom stereocenters. The molecule has 112 valence electrons. The van der Waals surface area contributed by atoms with Gasteiger partial charge in [-0.3, -0.25) is 0 Å². The van der Waals surface area contributed by atoms with Gasteiger partial charge in [0, 0.05) is 0 Å². The first-order valence-corrected chi connectivity index (χ1v) is 12.2. The Morgan fingerprint density at radius 3 is 2.35 bits per heavy atom. The SMILES string of the molecule is COC1=[C]([Zr][C]2=CC=CC2)CC=C1O[Si](C)(C)C.Cl.Cl. The minimum absolute atomic E-state index is 0. The summed E-state index contributed by atoms with van der Waals surface area (Å²) >= 11 is -0.644. The number of rotatable bonds is 5. The van der Waals surface area contributed by atoms with Crippen LogP contribution >= 0.6 is 24.8 Å². The molecule has 0 fully saturated rings. The van der Waals surface area contributed by atoms with Gasteiger partial charge in [-0.2, -0.15) is 0 Å². The summed E-state index contributed by atoms with van der Waals surface area (Å²) in [5.41, 5.74) is 0. The quantitative estimate of drug-likeness (QED) is 0.607. The monoisotopic (exact) mass is 410 g/mol. The maximum Gasteiger partial charge on any atom is -0.147 e. The maximum atomic E-state index is 6.11. The predicted molar refractivity (Wildman–Crippen MR) is 87.5 cm³/mol. The van der Waals surface area contributed by atoms with Crippen LogP contribution in [0.15, 0.2) is 42.4 Å². The van der Waals surface area contributed by atoms with Gasteiger partial charge in [-0.1, -0.05) is 0 Å². The first kappa shape index (κ1) is 20.2. The van der Waals surface area contributed by atoms with Crippen molar-refractivity contribution in [2.45, 2.75) is 32.5 Å². The van der Waals surface area contributed by atoms with Crippen molar-refractivity contribution in [3.8, 4) is 0 Å². The van der Waals surface area contributed by atoms with Crippen molar-refractivity contribution in [3.63, 3.8) is 0 Å². The third-order valence-electron chi connectivity index (χ3n) is 2.69. The molecule has 6 heteroatoms. The molecular formula is C14H22Cl2O2SiZr. The van der Waals surface area contributed by atoms with E-state index >= 15 is 0 Å². The Labute approximate surface area is 146 Å². The van der Waals surface area contributed by atoms with Crippen molar-refractivity contribution in [3.05, 3.63) is 42.4 Å². The van der Waals surface area contributed by atoms with E-state index in [-0.39, 0.29) is 24.8 Å². The molecule has 20 heavy (non-hydrogen) atoms. The summed E-state index contributed by atoms with van der Waals surface area (Å²) in [5.74, 6) is 2.04. The zero-order valence-corrected chi connectivity index (χ0v) is 17.4. The Morgan fingerprint density at radius 2 is 1.85 bits per heavy atom. The number of allylic oxidation sites excluding steroid dienone is 6. The molecule has 0 heterocycles. The summed E-state index contributed by atoms with van der Waals surface area (Å²) in [6.07, 6.45) is 11.1. The maximum absolute atomic E-state index is 6.11. The third kappa shape index (κ3) is 5.55. The molecule has 2 aliphatic carbocycles. The Kier molecular flexibility index (Phi) is 8.73. The van der Waals surface area contributed by atoms with Crippen LogP contribution in [0.1, 0.15) is 12.8 Å². The van der Waals surface area contributed by atoms with Crippen molar-refractivity contribution in [2.24, 2.45) is 0 Å². The summed E-state index contributed by atoms with van der Waals surface area (Å²) in [5, 5.41) is 0. The number of hydrogen-bond donors (Lipinski definition) is 0. The molecule has 0 N–H and O–H groups in total. The van der Waals surface area contributed by atoms with E-state index in [1.54, 1.807) is 10.4 Å². The molecule has 0 saturated carbocycles. The summed E-state index contributed by atoms with van der Waals surface area (Å²) in [4.78, 5) is 0. The second-order valence-corrected chi connectivity index (χ2v) is 13.6. The number of ether oxygens (including phenoxy) is 1. The fraction of sp³-hybridized carbons (Fsp3) is 0.429. The van der Waals surface area contributed by atoms with Gasteiger partial charge < -0.3 is 0 Å².